The van der Waals surface area contributed by atoms with E-state index in [0.717, 1.165) is 16.7 Å². The Bertz CT molecular complexity index is 1250. The molecule has 2 aromatic heterocycles. The van der Waals surface area contributed by atoms with Crippen LogP contribution in [0.15, 0.2) is 77.9 Å². The Labute approximate surface area is 157 Å². The SMILES string of the molecule is O=C(Nc1ccccn1)c1cn(-c2ccc(F)cc2F)c(=O)c2ccccc12. The van der Waals surface area contributed by atoms with Crippen molar-refractivity contribution < 1.29 is 13.6 Å². The van der Waals surface area contributed by atoms with Gasteiger partial charge in [-0.3, -0.25) is 14.2 Å². The van der Waals surface area contributed by atoms with Gasteiger partial charge in [0.2, 0.25) is 0 Å². The molecule has 0 aliphatic heterocycles. The topological polar surface area (TPSA) is 64.0 Å². The van der Waals surface area contributed by atoms with E-state index in [4.69, 9.17) is 0 Å². The minimum absolute atomic E-state index is 0.149. The molecule has 0 aliphatic rings. The molecule has 28 heavy (non-hydrogen) atoms. The number of carbonyl (C=O) groups is 1. The Morgan fingerprint density at radius 1 is 0.964 bits per heavy atom. The average molecular weight is 377 g/mol. The molecule has 0 saturated carbocycles. The molecule has 0 unspecified atom stereocenters. The molecule has 0 spiro atoms. The van der Waals surface area contributed by atoms with Crippen LogP contribution < -0.4 is 10.9 Å². The Kier molecular flexibility index (Phi) is 4.41. The van der Waals surface area contributed by atoms with Crippen molar-refractivity contribution in [2.24, 2.45) is 0 Å². The van der Waals surface area contributed by atoms with E-state index < -0.39 is 23.1 Å². The number of pyridine rings is 2. The van der Waals surface area contributed by atoms with Gasteiger partial charge in [0.15, 0.2) is 0 Å². The number of aromatic nitrogens is 2. The first-order valence-electron chi connectivity index (χ1n) is 8.37. The van der Waals surface area contributed by atoms with Gasteiger partial charge in [-0.1, -0.05) is 24.3 Å². The summed E-state index contributed by atoms with van der Waals surface area (Å²) < 4.78 is 28.6. The van der Waals surface area contributed by atoms with Crippen LogP contribution in [-0.4, -0.2) is 15.5 Å². The fraction of sp³-hybridized carbons (Fsp3) is 0. The van der Waals surface area contributed by atoms with E-state index in [1.165, 1.54) is 12.4 Å². The monoisotopic (exact) mass is 377 g/mol. The minimum Gasteiger partial charge on any atom is -0.306 e. The van der Waals surface area contributed by atoms with Crippen LogP contribution in [0.3, 0.4) is 0 Å². The lowest BCUT2D eigenvalue weighted by Crippen LogP contribution is -2.23. The van der Waals surface area contributed by atoms with Crippen LogP contribution in [0.1, 0.15) is 10.4 Å². The molecule has 0 fully saturated rings. The van der Waals surface area contributed by atoms with E-state index in [-0.39, 0.29) is 16.6 Å². The zero-order valence-electron chi connectivity index (χ0n) is 14.4. The van der Waals surface area contributed by atoms with Crippen molar-refractivity contribution >= 4 is 22.5 Å². The first kappa shape index (κ1) is 17.5. The smallest absolute Gasteiger partial charge is 0.263 e. The number of rotatable bonds is 3. The molecule has 2 heterocycles. The second-order valence-corrected chi connectivity index (χ2v) is 6.03. The van der Waals surface area contributed by atoms with Crippen molar-refractivity contribution in [3.05, 3.63) is 101 Å². The van der Waals surface area contributed by atoms with Crippen LogP contribution in [0.5, 0.6) is 0 Å². The normalized spacial score (nSPS) is 10.8. The van der Waals surface area contributed by atoms with Gasteiger partial charge in [0, 0.05) is 29.2 Å². The van der Waals surface area contributed by atoms with Crippen molar-refractivity contribution in [1.82, 2.24) is 9.55 Å². The molecule has 0 aliphatic carbocycles. The number of benzene rings is 2. The first-order chi connectivity index (χ1) is 13.5. The summed E-state index contributed by atoms with van der Waals surface area (Å²) in [6.45, 7) is 0. The molecular weight excluding hydrogens is 364 g/mol. The highest BCUT2D eigenvalue weighted by Crippen LogP contribution is 2.20. The molecular formula is C21H13F2N3O2. The predicted octanol–water partition coefficient (Wildman–Crippen LogP) is 3.92. The second kappa shape index (κ2) is 7.03. The fourth-order valence-electron chi connectivity index (χ4n) is 2.95. The lowest BCUT2D eigenvalue weighted by Gasteiger charge is -2.13. The maximum atomic E-state index is 14.3. The van der Waals surface area contributed by atoms with Crippen molar-refractivity contribution in [2.75, 3.05) is 5.32 Å². The van der Waals surface area contributed by atoms with Crippen molar-refractivity contribution in [1.29, 1.82) is 0 Å². The summed E-state index contributed by atoms with van der Waals surface area (Å²) in [4.78, 5) is 29.7. The number of hydrogen-bond donors (Lipinski definition) is 1. The zero-order chi connectivity index (χ0) is 19.7. The number of fused-ring (bicyclic) bond motifs is 1. The first-order valence-corrected chi connectivity index (χ1v) is 8.37. The molecule has 0 radical (unpaired) electrons. The van der Waals surface area contributed by atoms with Crippen molar-refractivity contribution in [3.8, 4) is 5.69 Å². The standard InChI is InChI=1S/C21H13F2N3O2/c22-13-8-9-18(17(23)11-13)26-12-16(14-5-1-2-6-15(14)21(26)28)20(27)25-19-7-3-4-10-24-19/h1-12H,(H,24,25,27). The maximum Gasteiger partial charge on any atom is 0.263 e. The third-order valence-electron chi connectivity index (χ3n) is 4.25. The van der Waals surface area contributed by atoms with Gasteiger partial charge in [-0.2, -0.15) is 0 Å². The number of halogens is 2. The molecule has 4 aromatic rings. The number of amides is 1. The molecule has 1 amide bonds. The highest BCUT2D eigenvalue weighted by atomic mass is 19.1. The lowest BCUT2D eigenvalue weighted by molar-refractivity contribution is 0.102. The van der Waals surface area contributed by atoms with Crippen LogP contribution in [0.25, 0.3) is 16.5 Å². The van der Waals surface area contributed by atoms with E-state index in [0.29, 0.717) is 17.3 Å². The number of nitrogens with one attached hydrogen (secondary N) is 1. The summed E-state index contributed by atoms with van der Waals surface area (Å²) in [5, 5.41) is 3.31. The third-order valence-corrected chi connectivity index (χ3v) is 4.25. The molecule has 0 bridgehead atoms. The summed E-state index contributed by atoms with van der Waals surface area (Å²) in [6.07, 6.45) is 2.78. The molecule has 1 N–H and O–H groups in total. The van der Waals surface area contributed by atoms with Gasteiger partial charge in [0.1, 0.15) is 17.5 Å². The van der Waals surface area contributed by atoms with E-state index in [1.54, 1.807) is 42.5 Å². The molecule has 5 nitrogen and oxygen atoms in total. The Balaban J connectivity index is 1.92. The lowest BCUT2D eigenvalue weighted by atomic mass is 10.1. The summed E-state index contributed by atoms with van der Waals surface area (Å²) in [7, 11) is 0. The average Bonchev–Trinajstić information content (AvgIpc) is 2.70. The van der Waals surface area contributed by atoms with Gasteiger partial charge in [-0.05, 0) is 30.3 Å². The molecule has 0 atom stereocenters. The highest BCUT2D eigenvalue weighted by molar-refractivity contribution is 6.12. The van der Waals surface area contributed by atoms with Gasteiger partial charge in [-0.15, -0.1) is 0 Å². The quantitative estimate of drug-likeness (QED) is 0.589. The predicted molar refractivity (Wildman–Crippen MR) is 102 cm³/mol. The highest BCUT2D eigenvalue weighted by Gasteiger charge is 2.17. The van der Waals surface area contributed by atoms with Gasteiger partial charge in [0.25, 0.3) is 11.5 Å². The maximum absolute atomic E-state index is 14.3. The largest absolute Gasteiger partial charge is 0.306 e. The van der Waals surface area contributed by atoms with Crippen molar-refractivity contribution in [2.45, 2.75) is 0 Å². The molecule has 0 saturated heterocycles. The van der Waals surface area contributed by atoms with E-state index in [1.807, 2.05) is 0 Å². The van der Waals surface area contributed by atoms with Crippen LogP contribution in [0, 0.1) is 11.6 Å². The fourth-order valence-corrected chi connectivity index (χ4v) is 2.95. The van der Waals surface area contributed by atoms with Crippen molar-refractivity contribution in [3.63, 3.8) is 0 Å². The number of anilines is 1. The van der Waals surface area contributed by atoms with Crippen LogP contribution in [-0.2, 0) is 0 Å². The summed E-state index contributed by atoms with van der Waals surface area (Å²) in [5.41, 5.74) is -0.510. The van der Waals surface area contributed by atoms with Crippen LogP contribution >= 0.6 is 0 Å². The van der Waals surface area contributed by atoms with Crippen LogP contribution in [0.2, 0.25) is 0 Å². The van der Waals surface area contributed by atoms with E-state index in [2.05, 4.69) is 10.3 Å². The van der Waals surface area contributed by atoms with Gasteiger partial charge in [0.05, 0.1) is 11.3 Å². The zero-order valence-corrected chi connectivity index (χ0v) is 14.4. The second-order valence-electron chi connectivity index (χ2n) is 6.03. The number of nitrogens with zero attached hydrogens (tertiary/aromatic N) is 2. The third kappa shape index (κ3) is 3.14. The number of hydrogen-bond acceptors (Lipinski definition) is 3. The van der Waals surface area contributed by atoms with E-state index in [9.17, 15) is 18.4 Å². The van der Waals surface area contributed by atoms with Gasteiger partial charge >= 0.3 is 0 Å². The summed E-state index contributed by atoms with van der Waals surface area (Å²) in [5.74, 6) is -1.84. The Morgan fingerprint density at radius 2 is 1.71 bits per heavy atom. The summed E-state index contributed by atoms with van der Waals surface area (Å²) in [6, 6.07) is 14.5. The van der Waals surface area contributed by atoms with Gasteiger partial charge < -0.3 is 5.32 Å². The molecule has 138 valence electrons. The number of carbonyl (C=O) groups excluding carboxylic acids is 1. The molecule has 7 heteroatoms. The van der Waals surface area contributed by atoms with Crippen LogP contribution in [0.4, 0.5) is 14.6 Å². The Hall–Kier alpha value is -3.87. The molecule has 2 aromatic carbocycles. The van der Waals surface area contributed by atoms with E-state index >= 15 is 0 Å². The Morgan fingerprint density at radius 3 is 2.43 bits per heavy atom. The molecule has 4 rings (SSSR count). The summed E-state index contributed by atoms with van der Waals surface area (Å²) >= 11 is 0. The van der Waals surface area contributed by atoms with Gasteiger partial charge in [-0.25, -0.2) is 13.8 Å². The minimum atomic E-state index is -0.909.